The summed E-state index contributed by atoms with van der Waals surface area (Å²) in [4.78, 5) is 10.6. The summed E-state index contributed by atoms with van der Waals surface area (Å²) in [6.45, 7) is 0. The molecular formula is C8H4ClNO2. The first kappa shape index (κ1) is 8.57. The predicted octanol–water partition coefficient (Wildman–Crippen LogP) is 1.93. The standard InChI is InChI=1S/C8H4ClNO2/c9-8(11)6-1-3-7(4-2-6)12-5-10/h1-4H. The van der Waals surface area contributed by atoms with E-state index in [1.807, 2.05) is 0 Å². The number of hydrogen-bond acceptors (Lipinski definition) is 3. The molecule has 0 aliphatic carbocycles. The zero-order valence-corrected chi connectivity index (χ0v) is 6.71. The van der Waals surface area contributed by atoms with Gasteiger partial charge in [-0.2, -0.15) is 0 Å². The molecule has 3 nitrogen and oxygen atoms in total. The van der Waals surface area contributed by atoms with Crippen LogP contribution in [0, 0.1) is 11.5 Å². The Balaban J connectivity index is 2.87. The third kappa shape index (κ3) is 1.97. The summed E-state index contributed by atoms with van der Waals surface area (Å²) in [5, 5.41) is 7.60. The lowest BCUT2D eigenvalue weighted by molar-refractivity contribution is 0.108. The monoisotopic (exact) mass is 181 g/mol. The van der Waals surface area contributed by atoms with E-state index in [-0.39, 0.29) is 0 Å². The molecule has 0 bridgehead atoms. The highest BCUT2D eigenvalue weighted by Crippen LogP contribution is 2.12. The van der Waals surface area contributed by atoms with Crippen LogP contribution in [0.5, 0.6) is 5.75 Å². The van der Waals surface area contributed by atoms with Crippen LogP contribution in [-0.4, -0.2) is 5.24 Å². The van der Waals surface area contributed by atoms with E-state index in [0.717, 1.165) is 0 Å². The fourth-order valence-corrected chi connectivity index (χ4v) is 0.833. The maximum atomic E-state index is 10.6. The molecule has 0 saturated carbocycles. The van der Waals surface area contributed by atoms with Crippen molar-refractivity contribution in [3.63, 3.8) is 0 Å². The van der Waals surface area contributed by atoms with Crippen LogP contribution in [0.15, 0.2) is 24.3 Å². The summed E-state index contributed by atoms with van der Waals surface area (Å²) >= 11 is 5.19. The summed E-state index contributed by atoms with van der Waals surface area (Å²) in [5.74, 6) is 0.388. The second-order valence-electron chi connectivity index (χ2n) is 1.99. The van der Waals surface area contributed by atoms with Crippen molar-refractivity contribution in [2.45, 2.75) is 0 Å². The first-order valence-corrected chi connectivity index (χ1v) is 3.47. The molecule has 12 heavy (non-hydrogen) atoms. The van der Waals surface area contributed by atoms with Gasteiger partial charge in [0.2, 0.25) is 0 Å². The van der Waals surface area contributed by atoms with E-state index in [2.05, 4.69) is 4.74 Å². The Morgan fingerprint density at radius 2 is 2.00 bits per heavy atom. The van der Waals surface area contributed by atoms with E-state index < -0.39 is 5.24 Å². The molecule has 1 rings (SSSR count). The van der Waals surface area contributed by atoms with E-state index in [9.17, 15) is 4.79 Å². The lowest BCUT2D eigenvalue weighted by Gasteiger charge is -1.95. The van der Waals surface area contributed by atoms with Gasteiger partial charge in [0.15, 0.2) is 0 Å². The maximum absolute atomic E-state index is 10.6. The fourth-order valence-electron chi connectivity index (χ4n) is 0.707. The van der Waals surface area contributed by atoms with Gasteiger partial charge in [0, 0.05) is 5.56 Å². The molecule has 4 heteroatoms. The first-order chi connectivity index (χ1) is 5.74. The zero-order chi connectivity index (χ0) is 8.97. The van der Waals surface area contributed by atoms with Gasteiger partial charge in [0.25, 0.3) is 11.5 Å². The van der Waals surface area contributed by atoms with Crippen molar-refractivity contribution >= 4 is 16.8 Å². The number of carbonyl (C=O) groups is 1. The molecule has 0 radical (unpaired) electrons. The van der Waals surface area contributed by atoms with E-state index in [0.29, 0.717) is 11.3 Å². The van der Waals surface area contributed by atoms with Crippen molar-refractivity contribution in [2.24, 2.45) is 0 Å². The number of benzene rings is 1. The number of hydrogen-bond donors (Lipinski definition) is 0. The molecule has 0 N–H and O–H groups in total. The van der Waals surface area contributed by atoms with Crippen molar-refractivity contribution in [3.8, 4) is 12.0 Å². The number of nitrogens with zero attached hydrogens (tertiary/aromatic N) is 1. The number of ether oxygens (including phenoxy) is 1. The summed E-state index contributed by atoms with van der Waals surface area (Å²) in [6.07, 6.45) is 1.51. The van der Waals surface area contributed by atoms with Crippen molar-refractivity contribution in [1.29, 1.82) is 5.26 Å². The van der Waals surface area contributed by atoms with Gasteiger partial charge in [-0.15, -0.1) is 5.26 Å². The van der Waals surface area contributed by atoms with Crippen LogP contribution >= 0.6 is 11.6 Å². The molecule has 0 aliphatic heterocycles. The molecule has 1 aromatic rings. The summed E-state index contributed by atoms with van der Waals surface area (Å²) in [7, 11) is 0. The molecule has 0 fully saturated rings. The second-order valence-corrected chi connectivity index (χ2v) is 2.33. The van der Waals surface area contributed by atoms with Crippen LogP contribution in [0.3, 0.4) is 0 Å². The van der Waals surface area contributed by atoms with Crippen LogP contribution in [0.25, 0.3) is 0 Å². The van der Waals surface area contributed by atoms with Crippen molar-refractivity contribution in [3.05, 3.63) is 29.8 Å². The second kappa shape index (κ2) is 3.74. The molecule has 0 saturated heterocycles. The maximum Gasteiger partial charge on any atom is 0.292 e. The van der Waals surface area contributed by atoms with Gasteiger partial charge in [0.1, 0.15) is 5.75 Å². The minimum absolute atomic E-state index is 0.377. The van der Waals surface area contributed by atoms with Crippen molar-refractivity contribution < 1.29 is 9.53 Å². The molecular weight excluding hydrogens is 178 g/mol. The van der Waals surface area contributed by atoms with Crippen LogP contribution < -0.4 is 4.74 Å². The third-order valence-corrected chi connectivity index (χ3v) is 1.46. The lowest BCUT2D eigenvalue weighted by Crippen LogP contribution is -1.88. The lowest BCUT2D eigenvalue weighted by atomic mass is 10.2. The van der Waals surface area contributed by atoms with E-state index >= 15 is 0 Å². The van der Waals surface area contributed by atoms with E-state index in [4.69, 9.17) is 16.9 Å². The SMILES string of the molecule is N#COc1ccc(C(=O)Cl)cc1. The number of rotatable bonds is 2. The number of nitriles is 1. The van der Waals surface area contributed by atoms with Gasteiger partial charge in [-0.25, -0.2) is 0 Å². The average Bonchev–Trinajstić information content (AvgIpc) is 2.06. The van der Waals surface area contributed by atoms with Crippen LogP contribution in [0.2, 0.25) is 0 Å². The first-order valence-electron chi connectivity index (χ1n) is 3.10. The van der Waals surface area contributed by atoms with Gasteiger partial charge in [-0.1, -0.05) is 0 Å². The average molecular weight is 182 g/mol. The minimum atomic E-state index is -0.529. The van der Waals surface area contributed by atoms with Crippen LogP contribution in [0.1, 0.15) is 10.4 Å². The van der Waals surface area contributed by atoms with E-state index in [1.165, 1.54) is 30.5 Å². The van der Waals surface area contributed by atoms with Crippen molar-refractivity contribution in [2.75, 3.05) is 0 Å². The number of halogens is 1. The number of carbonyl (C=O) groups excluding carboxylic acids is 1. The van der Waals surface area contributed by atoms with Crippen molar-refractivity contribution in [1.82, 2.24) is 0 Å². The molecule has 0 heterocycles. The third-order valence-electron chi connectivity index (χ3n) is 1.24. The molecule has 0 aromatic heterocycles. The molecule has 1 aromatic carbocycles. The van der Waals surface area contributed by atoms with Gasteiger partial charge in [0.05, 0.1) is 0 Å². The Morgan fingerprint density at radius 3 is 2.42 bits per heavy atom. The van der Waals surface area contributed by atoms with Gasteiger partial charge < -0.3 is 4.74 Å². The Kier molecular flexibility index (Phi) is 2.67. The minimum Gasteiger partial charge on any atom is -0.388 e. The Labute approximate surface area is 74.1 Å². The highest BCUT2D eigenvalue weighted by atomic mass is 35.5. The predicted molar refractivity (Wildman–Crippen MR) is 42.9 cm³/mol. The highest BCUT2D eigenvalue weighted by molar-refractivity contribution is 6.67. The topological polar surface area (TPSA) is 50.1 Å². The molecule has 60 valence electrons. The van der Waals surface area contributed by atoms with E-state index in [1.54, 1.807) is 0 Å². The summed E-state index contributed by atoms with van der Waals surface area (Å²) in [6, 6.07) is 5.97. The Hall–Kier alpha value is -1.53. The normalized spacial score (nSPS) is 8.67. The Morgan fingerprint density at radius 1 is 1.42 bits per heavy atom. The fraction of sp³-hybridized carbons (Fsp3) is 0. The van der Waals surface area contributed by atoms with Gasteiger partial charge in [-0.3, -0.25) is 4.79 Å². The van der Waals surface area contributed by atoms with Gasteiger partial charge >= 0.3 is 0 Å². The largest absolute Gasteiger partial charge is 0.388 e. The van der Waals surface area contributed by atoms with Crippen LogP contribution in [0.4, 0.5) is 0 Å². The Bertz CT molecular complexity index is 326. The molecule has 0 aliphatic rings. The smallest absolute Gasteiger partial charge is 0.292 e. The quantitative estimate of drug-likeness (QED) is 0.518. The molecule has 0 atom stereocenters. The summed E-state index contributed by atoms with van der Waals surface area (Å²) in [5.41, 5.74) is 0.377. The molecule has 0 amide bonds. The molecule has 0 spiro atoms. The highest BCUT2D eigenvalue weighted by Gasteiger charge is 2.00. The van der Waals surface area contributed by atoms with Gasteiger partial charge in [-0.05, 0) is 35.9 Å². The zero-order valence-electron chi connectivity index (χ0n) is 5.95. The van der Waals surface area contributed by atoms with Crippen LogP contribution in [-0.2, 0) is 0 Å². The molecule has 0 unspecified atom stereocenters. The summed E-state index contributed by atoms with van der Waals surface area (Å²) < 4.78 is 4.49.